The molecule has 1 heterocycles. The summed E-state index contributed by atoms with van der Waals surface area (Å²) in [6.45, 7) is 8.09. The lowest BCUT2D eigenvalue weighted by Crippen LogP contribution is -2.24. The van der Waals surface area contributed by atoms with E-state index >= 15 is 0 Å². The van der Waals surface area contributed by atoms with Crippen molar-refractivity contribution in [1.29, 1.82) is 0 Å². The topological polar surface area (TPSA) is 12.0 Å². The van der Waals surface area contributed by atoms with Gasteiger partial charge < -0.3 is 5.32 Å². The molecule has 16 heavy (non-hydrogen) atoms. The molecule has 1 aromatic heterocycles. The molecule has 2 rings (SSSR count). The molecule has 2 atom stereocenters. The Balaban J connectivity index is 2.13. The van der Waals surface area contributed by atoms with Crippen LogP contribution < -0.4 is 5.32 Å². The van der Waals surface area contributed by atoms with Gasteiger partial charge in [0, 0.05) is 15.4 Å². The van der Waals surface area contributed by atoms with Gasteiger partial charge in [-0.3, -0.25) is 0 Å². The Morgan fingerprint density at radius 1 is 1.62 bits per heavy atom. The first-order chi connectivity index (χ1) is 7.56. The quantitative estimate of drug-likeness (QED) is 0.838. The van der Waals surface area contributed by atoms with Crippen molar-refractivity contribution in [1.82, 2.24) is 5.32 Å². The molecular weight excluding hydrogens is 282 g/mol. The normalized spacial score (nSPS) is 24.4. The van der Waals surface area contributed by atoms with Crippen LogP contribution in [0, 0.1) is 11.3 Å². The zero-order valence-corrected chi connectivity index (χ0v) is 12.6. The average molecular weight is 302 g/mol. The minimum atomic E-state index is 0.523. The van der Waals surface area contributed by atoms with Gasteiger partial charge in [0.1, 0.15) is 0 Å². The fraction of sp³-hybridized carbons (Fsp3) is 0.692. The van der Waals surface area contributed by atoms with Crippen LogP contribution in [-0.4, -0.2) is 6.54 Å². The monoisotopic (exact) mass is 301 g/mol. The summed E-state index contributed by atoms with van der Waals surface area (Å²) in [5.41, 5.74) is 0.523. The van der Waals surface area contributed by atoms with Gasteiger partial charge in [0.05, 0.1) is 0 Å². The van der Waals surface area contributed by atoms with Crippen LogP contribution in [0.3, 0.4) is 0 Å². The number of nitrogens with one attached hydrogen (secondary N) is 1. The largest absolute Gasteiger partial charge is 0.309 e. The Labute approximate surface area is 111 Å². The lowest BCUT2D eigenvalue weighted by molar-refractivity contribution is 0.420. The molecule has 90 valence electrons. The van der Waals surface area contributed by atoms with Crippen molar-refractivity contribution in [2.45, 2.75) is 39.7 Å². The van der Waals surface area contributed by atoms with Crippen LogP contribution in [0.5, 0.6) is 0 Å². The summed E-state index contributed by atoms with van der Waals surface area (Å²) in [6, 6.07) is 2.71. The Morgan fingerprint density at radius 3 is 2.75 bits per heavy atom. The summed E-state index contributed by atoms with van der Waals surface area (Å²) < 4.78 is 1.27. The smallest absolute Gasteiger partial charge is 0.0460 e. The fourth-order valence-electron chi connectivity index (χ4n) is 2.32. The van der Waals surface area contributed by atoms with E-state index in [0.717, 1.165) is 12.5 Å². The van der Waals surface area contributed by atoms with Gasteiger partial charge in [-0.1, -0.05) is 20.8 Å². The van der Waals surface area contributed by atoms with Crippen LogP contribution in [0.15, 0.2) is 15.9 Å². The van der Waals surface area contributed by atoms with E-state index in [-0.39, 0.29) is 0 Å². The molecule has 0 saturated heterocycles. The van der Waals surface area contributed by atoms with Gasteiger partial charge in [-0.25, -0.2) is 0 Å². The van der Waals surface area contributed by atoms with Gasteiger partial charge in [-0.2, -0.15) is 0 Å². The van der Waals surface area contributed by atoms with Gasteiger partial charge in [0.2, 0.25) is 0 Å². The molecule has 1 aliphatic rings. The van der Waals surface area contributed by atoms with Crippen molar-refractivity contribution in [3.8, 4) is 0 Å². The summed E-state index contributed by atoms with van der Waals surface area (Å²) in [5, 5.41) is 5.89. The molecular formula is C13H20BrNS. The molecule has 0 aliphatic heterocycles. The second kappa shape index (κ2) is 4.79. The highest BCUT2D eigenvalue weighted by Gasteiger charge is 2.50. The lowest BCUT2D eigenvalue weighted by atomic mass is 10.0. The van der Waals surface area contributed by atoms with E-state index in [1.807, 2.05) is 11.3 Å². The number of hydrogen-bond donors (Lipinski definition) is 1. The molecule has 0 amide bonds. The third kappa shape index (κ3) is 2.52. The minimum Gasteiger partial charge on any atom is -0.309 e. The van der Waals surface area contributed by atoms with Crippen LogP contribution in [0.2, 0.25) is 0 Å². The van der Waals surface area contributed by atoms with Gasteiger partial charge in [0.15, 0.2) is 0 Å². The molecule has 0 radical (unpaired) electrons. The first-order valence-corrected chi connectivity index (χ1v) is 7.70. The number of hydrogen-bond acceptors (Lipinski definition) is 2. The Hall–Kier alpha value is 0.140. The lowest BCUT2D eigenvalue weighted by Gasteiger charge is -2.19. The molecule has 0 bridgehead atoms. The average Bonchev–Trinajstić information content (AvgIpc) is 2.65. The molecule has 1 nitrogen and oxygen atoms in total. The Kier molecular flexibility index (Phi) is 3.77. The van der Waals surface area contributed by atoms with Crippen molar-refractivity contribution in [3.05, 3.63) is 20.8 Å². The maximum Gasteiger partial charge on any atom is 0.0460 e. The first kappa shape index (κ1) is 12.6. The Morgan fingerprint density at radius 2 is 2.31 bits per heavy atom. The third-order valence-electron chi connectivity index (χ3n) is 3.53. The summed E-state index contributed by atoms with van der Waals surface area (Å²) in [6.07, 6.45) is 2.55. The summed E-state index contributed by atoms with van der Waals surface area (Å²) in [7, 11) is 0. The molecule has 0 spiro atoms. The number of thiophene rings is 1. The molecule has 0 aromatic carbocycles. The van der Waals surface area contributed by atoms with E-state index in [0.29, 0.717) is 11.5 Å². The van der Waals surface area contributed by atoms with E-state index in [2.05, 4.69) is 53.5 Å². The fourth-order valence-corrected chi connectivity index (χ4v) is 4.08. The highest BCUT2D eigenvalue weighted by Crippen LogP contribution is 2.58. The van der Waals surface area contributed by atoms with Crippen molar-refractivity contribution < 1.29 is 0 Å². The van der Waals surface area contributed by atoms with Gasteiger partial charge in [0.25, 0.3) is 0 Å². The summed E-state index contributed by atoms with van der Waals surface area (Å²) in [5.74, 6) is 0.800. The predicted molar refractivity (Wildman–Crippen MR) is 74.9 cm³/mol. The van der Waals surface area contributed by atoms with E-state index in [1.54, 1.807) is 0 Å². The predicted octanol–water partition coefficient (Wildman–Crippen LogP) is 4.60. The molecule has 1 fully saturated rings. The maximum absolute atomic E-state index is 3.71. The third-order valence-corrected chi connectivity index (χ3v) is 5.49. The first-order valence-electron chi connectivity index (χ1n) is 6.02. The van der Waals surface area contributed by atoms with Crippen LogP contribution in [-0.2, 0) is 0 Å². The van der Waals surface area contributed by atoms with Crippen LogP contribution in [0.25, 0.3) is 0 Å². The van der Waals surface area contributed by atoms with Crippen molar-refractivity contribution in [3.63, 3.8) is 0 Å². The number of rotatable bonds is 5. The second-order valence-corrected chi connectivity index (χ2v) is 7.17. The molecule has 3 heteroatoms. The molecule has 1 aromatic rings. The number of halogens is 1. The van der Waals surface area contributed by atoms with E-state index in [1.165, 1.54) is 22.2 Å². The molecule has 1 saturated carbocycles. The van der Waals surface area contributed by atoms with Gasteiger partial charge in [-0.15, -0.1) is 11.3 Å². The van der Waals surface area contributed by atoms with Gasteiger partial charge >= 0.3 is 0 Å². The van der Waals surface area contributed by atoms with Crippen LogP contribution in [0.1, 0.15) is 44.5 Å². The molecule has 1 aliphatic carbocycles. The van der Waals surface area contributed by atoms with Gasteiger partial charge in [-0.05, 0) is 58.1 Å². The summed E-state index contributed by atoms with van der Waals surface area (Å²) >= 11 is 5.53. The second-order valence-electron chi connectivity index (χ2n) is 5.36. The van der Waals surface area contributed by atoms with Crippen molar-refractivity contribution in [2.75, 3.05) is 6.54 Å². The standard InChI is InChI=1S/C13H20BrNS/c1-4-6-15-11(9-8-13(9,2)3)12-10(14)5-7-16-12/h5,7,9,11,15H,4,6,8H2,1-3H3. The van der Waals surface area contributed by atoms with Crippen molar-refractivity contribution >= 4 is 27.3 Å². The zero-order valence-electron chi connectivity index (χ0n) is 10.2. The summed E-state index contributed by atoms with van der Waals surface area (Å²) in [4.78, 5) is 1.48. The highest BCUT2D eigenvalue weighted by molar-refractivity contribution is 9.10. The highest BCUT2D eigenvalue weighted by atomic mass is 79.9. The van der Waals surface area contributed by atoms with Crippen LogP contribution in [0.4, 0.5) is 0 Å². The Bertz CT molecular complexity index is 359. The van der Waals surface area contributed by atoms with E-state index in [9.17, 15) is 0 Å². The van der Waals surface area contributed by atoms with E-state index < -0.39 is 0 Å². The van der Waals surface area contributed by atoms with Crippen LogP contribution >= 0.6 is 27.3 Å². The van der Waals surface area contributed by atoms with E-state index in [4.69, 9.17) is 0 Å². The van der Waals surface area contributed by atoms with Crippen molar-refractivity contribution in [2.24, 2.45) is 11.3 Å². The molecule has 2 unspecified atom stereocenters. The maximum atomic E-state index is 3.71. The molecule has 1 N–H and O–H groups in total. The zero-order chi connectivity index (χ0) is 11.8. The SMILES string of the molecule is CCCNC(c1sccc1Br)C1CC1(C)C. The minimum absolute atomic E-state index is 0.523.